The Morgan fingerprint density at radius 2 is 1.77 bits per heavy atom. The Bertz CT molecular complexity index is 1350. The van der Waals surface area contributed by atoms with Gasteiger partial charge in [0.15, 0.2) is 19.8 Å². The molecule has 7 heteroatoms. The van der Waals surface area contributed by atoms with Crippen LogP contribution >= 0.6 is 0 Å². The number of pyridine rings is 1. The van der Waals surface area contributed by atoms with E-state index in [2.05, 4.69) is 74.1 Å². The first-order chi connectivity index (χ1) is 19.1. The number of piperidine rings is 1. The quantitative estimate of drug-likeness (QED) is 0.282. The molecule has 0 N–H and O–H groups in total. The van der Waals surface area contributed by atoms with Crippen molar-refractivity contribution in [1.82, 2.24) is 9.88 Å². The van der Waals surface area contributed by atoms with E-state index in [4.69, 9.17) is 13.9 Å². The van der Waals surface area contributed by atoms with Gasteiger partial charge in [0.1, 0.15) is 12.4 Å². The van der Waals surface area contributed by atoms with Crippen molar-refractivity contribution in [2.45, 2.75) is 76.9 Å². The second kappa shape index (κ2) is 11.5. The highest BCUT2D eigenvalue weighted by Crippen LogP contribution is 2.43. The number of rotatable bonds is 8. The molecule has 0 radical (unpaired) electrons. The SMILES string of the molecule is COc1cc2c(cc1OCc1ccccc1)CCN1C[C@@H](c3cc(CO[Si](C)(C)C(C)(C)C)ccn3)C(=O)C[C@H]21. The molecule has 3 aromatic rings. The lowest BCUT2D eigenvalue weighted by Gasteiger charge is -2.43. The van der Waals surface area contributed by atoms with E-state index in [1.165, 1.54) is 11.1 Å². The number of carbonyl (C=O) groups excluding carboxylic acids is 1. The molecule has 0 unspecified atom stereocenters. The molecule has 2 aliphatic rings. The number of ketones is 1. The normalized spacial score (nSPS) is 19.6. The molecule has 0 amide bonds. The molecule has 212 valence electrons. The van der Waals surface area contributed by atoms with Gasteiger partial charge in [-0.1, -0.05) is 51.1 Å². The fraction of sp³-hybridized carbons (Fsp3) is 0.455. The third-order valence-electron chi connectivity index (χ3n) is 8.94. The van der Waals surface area contributed by atoms with Gasteiger partial charge in [0, 0.05) is 31.7 Å². The fourth-order valence-corrected chi connectivity index (χ4v) is 6.37. The zero-order chi connectivity index (χ0) is 28.5. The highest BCUT2D eigenvalue weighted by Gasteiger charge is 2.40. The Labute approximate surface area is 239 Å². The van der Waals surface area contributed by atoms with Crippen molar-refractivity contribution in [3.8, 4) is 11.5 Å². The summed E-state index contributed by atoms with van der Waals surface area (Å²) in [6.07, 6.45) is 3.20. The summed E-state index contributed by atoms with van der Waals surface area (Å²) in [5, 5.41) is 0.152. The van der Waals surface area contributed by atoms with E-state index in [1.807, 2.05) is 30.5 Å². The van der Waals surface area contributed by atoms with Crippen molar-refractivity contribution < 1.29 is 18.7 Å². The van der Waals surface area contributed by atoms with Crippen LogP contribution in [0.15, 0.2) is 60.8 Å². The zero-order valence-electron chi connectivity index (χ0n) is 24.7. The van der Waals surface area contributed by atoms with Gasteiger partial charge in [-0.3, -0.25) is 14.7 Å². The van der Waals surface area contributed by atoms with Gasteiger partial charge in [0.05, 0.1) is 25.3 Å². The van der Waals surface area contributed by atoms with Crippen LogP contribution in [-0.4, -0.2) is 44.2 Å². The maximum Gasteiger partial charge on any atom is 0.192 e. The number of carbonyl (C=O) groups is 1. The summed E-state index contributed by atoms with van der Waals surface area (Å²) in [7, 11) is -0.191. The van der Waals surface area contributed by atoms with Crippen LogP contribution in [0.5, 0.6) is 11.5 Å². The molecule has 1 fully saturated rings. The van der Waals surface area contributed by atoms with Crippen LogP contribution in [0.2, 0.25) is 18.1 Å². The van der Waals surface area contributed by atoms with Gasteiger partial charge in [0.2, 0.25) is 0 Å². The molecule has 0 aliphatic carbocycles. The Kier molecular flexibility index (Phi) is 8.18. The highest BCUT2D eigenvalue weighted by atomic mass is 28.4. The van der Waals surface area contributed by atoms with Crippen molar-refractivity contribution in [1.29, 1.82) is 0 Å². The van der Waals surface area contributed by atoms with Crippen molar-refractivity contribution in [3.05, 3.63) is 88.7 Å². The number of aromatic nitrogens is 1. The summed E-state index contributed by atoms with van der Waals surface area (Å²) in [4.78, 5) is 20.6. The molecular formula is C33H42N2O4Si. The molecule has 6 nitrogen and oxygen atoms in total. The summed E-state index contributed by atoms with van der Waals surface area (Å²) in [6.45, 7) is 13.9. The van der Waals surface area contributed by atoms with Gasteiger partial charge in [-0.2, -0.15) is 0 Å². The Balaban J connectivity index is 1.30. The minimum absolute atomic E-state index is 0.0506. The first-order valence-corrected chi connectivity index (χ1v) is 17.2. The molecule has 5 rings (SSSR count). The lowest BCUT2D eigenvalue weighted by atomic mass is 9.81. The minimum atomic E-state index is -1.86. The van der Waals surface area contributed by atoms with Crippen LogP contribution in [-0.2, 0) is 28.9 Å². The zero-order valence-corrected chi connectivity index (χ0v) is 25.7. The maximum atomic E-state index is 13.6. The van der Waals surface area contributed by atoms with E-state index in [-0.39, 0.29) is 22.8 Å². The number of benzene rings is 2. The number of hydrogen-bond donors (Lipinski definition) is 0. The predicted octanol–water partition coefficient (Wildman–Crippen LogP) is 6.85. The summed E-state index contributed by atoms with van der Waals surface area (Å²) in [5.74, 6) is 1.48. The molecule has 1 saturated heterocycles. The number of fused-ring (bicyclic) bond motifs is 3. The molecule has 0 spiro atoms. The van der Waals surface area contributed by atoms with Crippen LogP contribution in [0.3, 0.4) is 0 Å². The molecule has 2 aliphatic heterocycles. The van der Waals surface area contributed by atoms with Gasteiger partial charge < -0.3 is 13.9 Å². The standard InChI is InChI=1S/C33H42N2O4Si/c1-33(2,3)40(5,6)39-22-24-12-14-34-28(16-24)27-20-35-15-13-25-17-32(38-21-23-10-8-7-9-11-23)31(37-4)18-26(25)29(35)19-30(27)36/h7-12,14,16-18,27,29H,13,15,19-22H2,1-6H3/t27-,29+/m0/s1. The Hall–Kier alpha value is -3.00. The Morgan fingerprint density at radius 3 is 2.50 bits per heavy atom. The molecule has 3 heterocycles. The maximum absolute atomic E-state index is 13.6. The molecule has 2 aromatic carbocycles. The topological polar surface area (TPSA) is 60.9 Å². The Morgan fingerprint density at radius 1 is 1.00 bits per heavy atom. The number of ether oxygens (including phenoxy) is 2. The second-order valence-electron chi connectivity index (χ2n) is 12.6. The first-order valence-electron chi connectivity index (χ1n) is 14.3. The van der Waals surface area contributed by atoms with E-state index in [1.54, 1.807) is 7.11 Å². The fourth-order valence-electron chi connectivity index (χ4n) is 5.41. The average molecular weight is 559 g/mol. The van der Waals surface area contributed by atoms with Gasteiger partial charge in [-0.25, -0.2) is 0 Å². The monoisotopic (exact) mass is 558 g/mol. The predicted molar refractivity (Wildman–Crippen MR) is 160 cm³/mol. The van der Waals surface area contributed by atoms with Crippen LogP contribution < -0.4 is 9.47 Å². The lowest BCUT2D eigenvalue weighted by Crippen LogP contribution is -2.45. The van der Waals surface area contributed by atoms with E-state index < -0.39 is 8.32 Å². The molecule has 2 atom stereocenters. The second-order valence-corrected chi connectivity index (χ2v) is 17.4. The van der Waals surface area contributed by atoms with Crippen LogP contribution in [0, 0.1) is 0 Å². The van der Waals surface area contributed by atoms with E-state index in [9.17, 15) is 4.79 Å². The molecule has 0 bridgehead atoms. The number of nitrogens with zero attached hydrogens (tertiary/aromatic N) is 2. The smallest absolute Gasteiger partial charge is 0.192 e. The molecular weight excluding hydrogens is 516 g/mol. The largest absolute Gasteiger partial charge is 0.493 e. The van der Waals surface area contributed by atoms with Gasteiger partial charge in [-0.15, -0.1) is 0 Å². The summed E-state index contributed by atoms with van der Waals surface area (Å²) < 4.78 is 18.3. The van der Waals surface area contributed by atoms with Crippen molar-refractivity contribution in [2.24, 2.45) is 0 Å². The lowest BCUT2D eigenvalue weighted by molar-refractivity contribution is -0.125. The van der Waals surface area contributed by atoms with E-state index >= 15 is 0 Å². The van der Waals surface area contributed by atoms with Gasteiger partial charge in [0.25, 0.3) is 0 Å². The van der Waals surface area contributed by atoms with Crippen molar-refractivity contribution in [3.63, 3.8) is 0 Å². The molecule has 1 aromatic heterocycles. The third kappa shape index (κ3) is 6.02. The van der Waals surface area contributed by atoms with Crippen molar-refractivity contribution in [2.75, 3.05) is 20.2 Å². The van der Waals surface area contributed by atoms with E-state index in [0.717, 1.165) is 35.5 Å². The minimum Gasteiger partial charge on any atom is -0.493 e. The van der Waals surface area contributed by atoms with Crippen LogP contribution in [0.1, 0.15) is 67.1 Å². The van der Waals surface area contributed by atoms with Crippen LogP contribution in [0.25, 0.3) is 0 Å². The average Bonchev–Trinajstić information content (AvgIpc) is 2.94. The highest BCUT2D eigenvalue weighted by molar-refractivity contribution is 6.74. The summed E-state index contributed by atoms with van der Waals surface area (Å²) in [6, 6.07) is 18.5. The number of hydrogen-bond acceptors (Lipinski definition) is 6. The van der Waals surface area contributed by atoms with Crippen LogP contribution in [0.4, 0.5) is 0 Å². The number of methoxy groups -OCH3 is 1. The van der Waals surface area contributed by atoms with Crippen molar-refractivity contribution >= 4 is 14.1 Å². The number of Topliss-reactive ketones (excluding diaryl/α,β-unsaturated/α-hetero) is 1. The van der Waals surface area contributed by atoms with Gasteiger partial charge in [-0.05, 0) is 71.1 Å². The van der Waals surface area contributed by atoms with E-state index in [0.29, 0.717) is 31.9 Å². The first kappa shape index (κ1) is 28.5. The third-order valence-corrected chi connectivity index (χ3v) is 13.4. The summed E-state index contributed by atoms with van der Waals surface area (Å²) in [5.41, 5.74) is 5.46. The van der Waals surface area contributed by atoms with Gasteiger partial charge >= 0.3 is 0 Å². The molecule has 40 heavy (non-hydrogen) atoms. The molecule has 0 saturated carbocycles. The summed E-state index contributed by atoms with van der Waals surface area (Å²) >= 11 is 0.